The molecule has 5 heteroatoms. The van der Waals surface area contributed by atoms with Crippen molar-refractivity contribution in [1.29, 1.82) is 0 Å². The van der Waals surface area contributed by atoms with Gasteiger partial charge < -0.3 is 5.32 Å². The molecule has 2 heterocycles. The molecule has 2 aromatic heterocycles. The predicted molar refractivity (Wildman–Crippen MR) is 85.8 cm³/mol. The molecule has 0 saturated heterocycles. The Morgan fingerprint density at radius 3 is 2.86 bits per heavy atom. The van der Waals surface area contributed by atoms with E-state index >= 15 is 0 Å². The molecule has 0 amide bonds. The maximum atomic E-state index is 13.9. The Morgan fingerprint density at radius 2 is 2.19 bits per heavy atom. The van der Waals surface area contributed by atoms with Gasteiger partial charge in [0.15, 0.2) is 5.82 Å². The molecule has 0 aliphatic rings. The molecule has 0 saturated carbocycles. The summed E-state index contributed by atoms with van der Waals surface area (Å²) in [5.74, 6) is 0.217. The largest absolute Gasteiger partial charge is 0.312 e. The second-order valence-corrected chi connectivity index (χ2v) is 6.58. The number of pyridine rings is 1. The molecule has 21 heavy (non-hydrogen) atoms. The summed E-state index contributed by atoms with van der Waals surface area (Å²) in [7, 11) is 0. The van der Waals surface area contributed by atoms with Crippen LogP contribution in [0.5, 0.6) is 0 Å². The number of hydrogen-bond acceptors (Lipinski definition) is 4. The first kappa shape index (κ1) is 16.0. The zero-order valence-corrected chi connectivity index (χ0v) is 13.6. The third kappa shape index (κ3) is 4.32. The fourth-order valence-electron chi connectivity index (χ4n) is 2.09. The molecule has 0 spiro atoms. The first-order valence-electron chi connectivity index (χ1n) is 7.42. The minimum absolute atomic E-state index is 0.310. The molecule has 1 N–H and O–H groups in total. The molecule has 0 aliphatic carbocycles. The zero-order chi connectivity index (χ0) is 15.2. The first-order valence-corrected chi connectivity index (χ1v) is 8.23. The van der Waals surface area contributed by atoms with Crippen molar-refractivity contribution in [1.82, 2.24) is 15.3 Å². The second-order valence-electron chi connectivity index (χ2n) is 5.50. The van der Waals surface area contributed by atoms with Crippen molar-refractivity contribution in [3.63, 3.8) is 0 Å². The molecule has 0 fully saturated rings. The van der Waals surface area contributed by atoms with Crippen LogP contribution in [0.25, 0.3) is 10.7 Å². The van der Waals surface area contributed by atoms with Gasteiger partial charge in [-0.1, -0.05) is 20.8 Å². The Labute approximate surface area is 129 Å². The highest BCUT2D eigenvalue weighted by Crippen LogP contribution is 2.29. The molecule has 0 aromatic carbocycles. The topological polar surface area (TPSA) is 37.8 Å². The Hall–Kier alpha value is -1.33. The smallest absolute Gasteiger partial charge is 0.151 e. The second kappa shape index (κ2) is 7.61. The Bertz CT molecular complexity index is 581. The van der Waals surface area contributed by atoms with Gasteiger partial charge in [-0.2, -0.15) is 0 Å². The van der Waals surface area contributed by atoms with E-state index in [0.29, 0.717) is 16.6 Å². The van der Waals surface area contributed by atoms with Gasteiger partial charge in [0.25, 0.3) is 0 Å². The SMILES string of the molecule is CCCNCc1sc(-c2ncccc2F)nc1CC(C)C. The van der Waals surface area contributed by atoms with E-state index in [1.54, 1.807) is 23.6 Å². The van der Waals surface area contributed by atoms with E-state index in [2.05, 4.69) is 36.1 Å². The zero-order valence-electron chi connectivity index (χ0n) is 12.8. The van der Waals surface area contributed by atoms with Crippen LogP contribution >= 0.6 is 11.3 Å². The van der Waals surface area contributed by atoms with Gasteiger partial charge in [0.2, 0.25) is 0 Å². The van der Waals surface area contributed by atoms with Crippen molar-refractivity contribution in [2.24, 2.45) is 5.92 Å². The van der Waals surface area contributed by atoms with E-state index in [1.165, 1.54) is 10.9 Å². The van der Waals surface area contributed by atoms with Gasteiger partial charge in [0.1, 0.15) is 10.7 Å². The number of nitrogens with one attached hydrogen (secondary N) is 1. The van der Waals surface area contributed by atoms with Crippen LogP contribution in [0.15, 0.2) is 18.3 Å². The normalized spacial score (nSPS) is 11.3. The Morgan fingerprint density at radius 1 is 1.38 bits per heavy atom. The molecule has 0 bridgehead atoms. The van der Waals surface area contributed by atoms with Crippen LogP contribution in [-0.2, 0) is 13.0 Å². The minimum atomic E-state index is -0.310. The van der Waals surface area contributed by atoms with Crippen LogP contribution in [0.1, 0.15) is 37.8 Å². The average Bonchev–Trinajstić information content (AvgIpc) is 2.82. The monoisotopic (exact) mass is 307 g/mol. The van der Waals surface area contributed by atoms with Crippen molar-refractivity contribution in [2.45, 2.75) is 40.2 Å². The van der Waals surface area contributed by atoms with Crippen LogP contribution in [0.2, 0.25) is 0 Å². The molecule has 0 radical (unpaired) electrons. The van der Waals surface area contributed by atoms with Crippen LogP contribution in [0, 0.1) is 11.7 Å². The highest BCUT2D eigenvalue weighted by atomic mass is 32.1. The van der Waals surface area contributed by atoms with Crippen LogP contribution in [-0.4, -0.2) is 16.5 Å². The van der Waals surface area contributed by atoms with E-state index in [4.69, 9.17) is 0 Å². The Kier molecular flexibility index (Phi) is 5.82. The lowest BCUT2D eigenvalue weighted by molar-refractivity contribution is 0.620. The number of thiazole rings is 1. The number of rotatable bonds is 7. The molecule has 0 atom stereocenters. The van der Waals surface area contributed by atoms with Gasteiger partial charge in [0, 0.05) is 17.6 Å². The lowest BCUT2D eigenvalue weighted by Gasteiger charge is -2.05. The summed E-state index contributed by atoms with van der Waals surface area (Å²) in [5, 5.41) is 4.08. The summed E-state index contributed by atoms with van der Waals surface area (Å²) in [6.07, 6.45) is 3.62. The third-order valence-electron chi connectivity index (χ3n) is 3.05. The molecule has 3 nitrogen and oxygen atoms in total. The van der Waals surface area contributed by atoms with Crippen molar-refractivity contribution < 1.29 is 4.39 Å². The molecule has 0 aliphatic heterocycles. The maximum Gasteiger partial charge on any atom is 0.151 e. The van der Waals surface area contributed by atoms with Crippen LogP contribution < -0.4 is 5.32 Å². The fraction of sp³-hybridized carbons (Fsp3) is 0.500. The van der Waals surface area contributed by atoms with E-state index < -0.39 is 0 Å². The third-order valence-corrected chi connectivity index (χ3v) is 4.16. The summed E-state index contributed by atoms with van der Waals surface area (Å²) in [4.78, 5) is 9.96. The number of nitrogens with zero attached hydrogens (tertiary/aromatic N) is 2. The first-order chi connectivity index (χ1) is 10.1. The molecule has 2 aromatic rings. The average molecular weight is 307 g/mol. The summed E-state index contributed by atoms with van der Waals surface area (Å²) < 4.78 is 13.9. The van der Waals surface area contributed by atoms with Gasteiger partial charge in [-0.15, -0.1) is 11.3 Å². The van der Waals surface area contributed by atoms with Gasteiger partial charge in [-0.3, -0.25) is 4.98 Å². The molecular weight excluding hydrogens is 285 g/mol. The van der Waals surface area contributed by atoms with E-state index in [1.807, 2.05) is 0 Å². The lowest BCUT2D eigenvalue weighted by atomic mass is 10.1. The van der Waals surface area contributed by atoms with Gasteiger partial charge in [-0.05, 0) is 37.4 Å². The molecular formula is C16H22FN3S. The summed E-state index contributed by atoms with van der Waals surface area (Å²) >= 11 is 1.54. The molecule has 2 rings (SSSR count). The van der Waals surface area contributed by atoms with Gasteiger partial charge >= 0.3 is 0 Å². The van der Waals surface area contributed by atoms with Crippen molar-refractivity contribution >= 4 is 11.3 Å². The van der Waals surface area contributed by atoms with Gasteiger partial charge in [0.05, 0.1) is 5.69 Å². The van der Waals surface area contributed by atoms with Crippen molar-refractivity contribution in [2.75, 3.05) is 6.54 Å². The summed E-state index contributed by atoms with van der Waals surface area (Å²) in [6.45, 7) is 8.25. The van der Waals surface area contributed by atoms with Gasteiger partial charge in [-0.25, -0.2) is 9.37 Å². The molecule has 114 valence electrons. The van der Waals surface area contributed by atoms with Crippen LogP contribution in [0.3, 0.4) is 0 Å². The number of halogens is 1. The molecule has 0 unspecified atom stereocenters. The van der Waals surface area contributed by atoms with Crippen molar-refractivity contribution in [3.8, 4) is 10.7 Å². The van der Waals surface area contributed by atoms with Crippen LogP contribution in [0.4, 0.5) is 4.39 Å². The van der Waals surface area contributed by atoms with E-state index in [-0.39, 0.29) is 5.82 Å². The quantitative estimate of drug-likeness (QED) is 0.784. The summed E-state index contributed by atoms with van der Waals surface area (Å²) in [6, 6.07) is 3.03. The Balaban J connectivity index is 2.28. The summed E-state index contributed by atoms with van der Waals surface area (Å²) in [5.41, 5.74) is 1.42. The van der Waals surface area contributed by atoms with E-state index in [0.717, 1.165) is 31.6 Å². The standard InChI is InChI=1S/C16H22FN3S/c1-4-7-18-10-14-13(9-11(2)3)20-16(21-14)15-12(17)6-5-8-19-15/h5-6,8,11,18H,4,7,9-10H2,1-3H3. The fourth-order valence-corrected chi connectivity index (χ4v) is 3.15. The highest BCUT2D eigenvalue weighted by Gasteiger charge is 2.16. The maximum absolute atomic E-state index is 13.9. The highest BCUT2D eigenvalue weighted by molar-refractivity contribution is 7.15. The van der Waals surface area contributed by atoms with Crippen molar-refractivity contribution in [3.05, 3.63) is 34.7 Å². The number of hydrogen-bond donors (Lipinski definition) is 1. The lowest BCUT2D eigenvalue weighted by Crippen LogP contribution is -2.14. The predicted octanol–water partition coefficient (Wildman–Crippen LogP) is 4.04. The minimum Gasteiger partial charge on any atom is -0.312 e. The van der Waals surface area contributed by atoms with E-state index in [9.17, 15) is 4.39 Å². The number of aromatic nitrogens is 2.